The molecule has 0 spiro atoms. The lowest BCUT2D eigenvalue weighted by Crippen LogP contribution is -2.42. The summed E-state index contributed by atoms with van der Waals surface area (Å²) in [5.41, 5.74) is 0. The Morgan fingerprint density at radius 1 is 1.41 bits per heavy atom. The van der Waals surface area contributed by atoms with E-state index in [4.69, 9.17) is 0 Å². The van der Waals surface area contributed by atoms with Crippen LogP contribution in [0.25, 0.3) is 0 Å². The summed E-state index contributed by atoms with van der Waals surface area (Å²) in [5.74, 6) is 1.16. The second-order valence-electron chi connectivity index (χ2n) is 5.21. The molecule has 1 saturated heterocycles. The normalized spacial score (nSPS) is 27.9. The molecule has 17 heavy (non-hydrogen) atoms. The Hall–Kier alpha value is -0.220. The van der Waals surface area contributed by atoms with Crippen LogP contribution in [-0.2, 0) is 0 Å². The first kappa shape index (κ1) is 13.2. The van der Waals surface area contributed by atoms with E-state index in [1.165, 1.54) is 43.9 Å². The highest BCUT2D eigenvalue weighted by atomic mass is 32.2. The van der Waals surface area contributed by atoms with Gasteiger partial charge in [0, 0.05) is 18.3 Å². The zero-order valence-electron chi connectivity index (χ0n) is 11.1. The van der Waals surface area contributed by atoms with Crippen LogP contribution < -0.4 is 5.32 Å². The fourth-order valence-corrected chi connectivity index (χ4v) is 3.66. The van der Waals surface area contributed by atoms with Gasteiger partial charge in [-0.3, -0.25) is 4.99 Å². The molecule has 0 aromatic heterocycles. The summed E-state index contributed by atoms with van der Waals surface area (Å²) in [7, 11) is 0. The first-order chi connectivity index (χ1) is 8.28. The topological polar surface area (TPSA) is 27.6 Å². The minimum Gasteiger partial charge on any atom is -0.361 e. The lowest BCUT2D eigenvalue weighted by atomic mass is 10.1. The lowest BCUT2D eigenvalue weighted by molar-refractivity contribution is 0.215. The zero-order chi connectivity index (χ0) is 12.1. The summed E-state index contributed by atoms with van der Waals surface area (Å²) >= 11 is 1.89. The standard InChI is InChI=1S/C13H25N3S/c1-3-12-10-17-13(15-12)14-11(2)9-16-7-5-4-6-8-16/h11-12H,3-10H2,1-2H3,(H,14,15). The average Bonchev–Trinajstić information content (AvgIpc) is 2.78. The van der Waals surface area contributed by atoms with Crippen molar-refractivity contribution in [2.45, 2.75) is 51.6 Å². The molecule has 0 aliphatic carbocycles. The van der Waals surface area contributed by atoms with E-state index in [0.717, 1.165) is 12.3 Å². The van der Waals surface area contributed by atoms with E-state index in [2.05, 4.69) is 29.1 Å². The summed E-state index contributed by atoms with van der Waals surface area (Å²) in [6.07, 6.45) is 5.33. The van der Waals surface area contributed by atoms with E-state index in [0.29, 0.717) is 12.1 Å². The Bertz CT molecular complexity index is 261. The van der Waals surface area contributed by atoms with Gasteiger partial charge in [0.25, 0.3) is 0 Å². The molecule has 0 radical (unpaired) electrons. The summed E-state index contributed by atoms with van der Waals surface area (Å²) in [6, 6.07) is 1.07. The van der Waals surface area contributed by atoms with E-state index in [1.54, 1.807) is 0 Å². The highest BCUT2D eigenvalue weighted by Gasteiger charge is 2.19. The molecule has 1 fully saturated rings. The number of hydrogen-bond donors (Lipinski definition) is 1. The van der Waals surface area contributed by atoms with Crippen LogP contribution in [0.1, 0.15) is 39.5 Å². The molecule has 2 aliphatic heterocycles. The molecule has 2 atom stereocenters. The predicted octanol–water partition coefficient (Wildman–Crippen LogP) is 2.33. The van der Waals surface area contributed by atoms with Crippen molar-refractivity contribution >= 4 is 16.9 Å². The third-order valence-corrected chi connectivity index (χ3v) is 4.58. The van der Waals surface area contributed by atoms with Gasteiger partial charge in [-0.2, -0.15) is 0 Å². The fraction of sp³-hybridized carbons (Fsp3) is 0.923. The molecule has 1 N–H and O–H groups in total. The molecule has 2 heterocycles. The van der Waals surface area contributed by atoms with Gasteiger partial charge in [0.05, 0.1) is 6.04 Å². The number of piperidine rings is 1. The van der Waals surface area contributed by atoms with Crippen molar-refractivity contribution < 1.29 is 0 Å². The van der Waals surface area contributed by atoms with Crippen molar-refractivity contribution in [1.29, 1.82) is 0 Å². The highest BCUT2D eigenvalue weighted by Crippen LogP contribution is 2.19. The monoisotopic (exact) mass is 255 g/mol. The third kappa shape index (κ3) is 4.18. The van der Waals surface area contributed by atoms with Gasteiger partial charge in [-0.1, -0.05) is 25.1 Å². The highest BCUT2D eigenvalue weighted by molar-refractivity contribution is 8.14. The first-order valence-electron chi connectivity index (χ1n) is 6.97. The maximum Gasteiger partial charge on any atom is 0.157 e. The van der Waals surface area contributed by atoms with Crippen molar-refractivity contribution in [2.75, 3.05) is 25.4 Å². The van der Waals surface area contributed by atoms with E-state index >= 15 is 0 Å². The molecule has 98 valence electrons. The summed E-state index contributed by atoms with van der Waals surface area (Å²) in [5, 5.41) is 4.73. The molecule has 4 heteroatoms. The van der Waals surface area contributed by atoms with Crippen LogP contribution in [-0.4, -0.2) is 47.5 Å². The van der Waals surface area contributed by atoms with Gasteiger partial charge in [0.2, 0.25) is 0 Å². The van der Waals surface area contributed by atoms with Gasteiger partial charge in [-0.05, 0) is 39.3 Å². The molecule has 2 aliphatic rings. The van der Waals surface area contributed by atoms with Gasteiger partial charge in [0.1, 0.15) is 0 Å². The smallest absolute Gasteiger partial charge is 0.157 e. The number of thioether (sulfide) groups is 1. The van der Waals surface area contributed by atoms with E-state index in [-0.39, 0.29) is 0 Å². The summed E-state index contributed by atoms with van der Waals surface area (Å²) in [6.45, 7) is 8.22. The summed E-state index contributed by atoms with van der Waals surface area (Å²) < 4.78 is 0. The molecule has 0 bridgehead atoms. The number of nitrogens with one attached hydrogen (secondary N) is 1. The Labute approximate surface area is 109 Å². The summed E-state index contributed by atoms with van der Waals surface area (Å²) in [4.78, 5) is 7.27. The van der Waals surface area contributed by atoms with E-state index < -0.39 is 0 Å². The average molecular weight is 255 g/mol. The van der Waals surface area contributed by atoms with Crippen molar-refractivity contribution in [3.05, 3.63) is 0 Å². The molecule has 0 aromatic rings. The van der Waals surface area contributed by atoms with Crippen molar-refractivity contribution in [3.8, 4) is 0 Å². The molecule has 0 aromatic carbocycles. The van der Waals surface area contributed by atoms with Gasteiger partial charge < -0.3 is 10.2 Å². The van der Waals surface area contributed by atoms with Crippen LogP contribution in [0.5, 0.6) is 0 Å². The molecule has 0 amide bonds. The Balaban J connectivity index is 1.71. The Morgan fingerprint density at radius 2 is 2.18 bits per heavy atom. The van der Waals surface area contributed by atoms with Gasteiger partial charge in [-0.15, -0.1) is 0 Å². The number of nitrogens with zero attached hydrogens (tertiary/aromatic N) is 2. The molecule has 2 unspecified atom stereocenters. The van der Waals surface area contributed by atoms with Gasteiger partial charge in [0.15, 0.2) is 5.17 Å². The first-order valence-corrected chi connectivity index (χ1v) is 7.96. The number of likely N-dealkylation sites (tertiary alicyclic amines) is 1. The predicted molar refractivity (Wildman–Crippen MR) is 76.9 cm³/mol. The Kier molecular flexibility index (Phi) is 5.16. The molecule has 0 saturated carbocycles. The van der Waals surface area contributed by atoms with Crippen LogP contribution in [0.3, 0.4) is 0 Å². The molecular formula is C13H25N3S. The molecule has 3 nitrogen and oxygen atoms in total. The maximum absolute atomic E-state index is 4.69. The lowest BCUT2D eigenvalue weighted by Gasteiger charge is -2.29. The largest absolute Gasteiger partial charge is 0.361 e. The van der Waals surface area contributed by atoms with Crippen molar-refractivity contribution in [2.24, 2.45) is 4.99 Å². The zero-order valence-corrected chi connectivity index (χ0v) is 11.9. The number of amidine groups is 1. The van der Waals surface area contributed by atoms with Crippen LogP contribution in [0, 0.1) is 0 Å². The number of aliphatic imine (C=N–C) groups is 1. The molecular weight excluding hydrogens is 230 g/mol. The van der Waals surface area contributed by atoms with Crippen molar-refractivity contribution in [1.82, 2.24) is 10.2 Å². The van der Waals surface area contributed by atoms with Gasteiger partial charge >= 0.3 is 0 Å². The molecule has 2 rings (SSSR count). The number of rotatable bonds is 4. The van der Waals surface area contributed by atoms with Crippen LogP contribution in [0.15, 0.2) is 4.99 Å². The van der Waals surface area contributed by atoms with Crippen LogP contribution in [0.2, 0.25) is 0 Å². The number of hydrogen-bond acceptors (Lipinski definition) is 4. The minimum absolute atomic E-state index is 0.523. The van der Waals surface area contributed by atoms with Crippen LogP contribution in [0.4, 0.5) is 0 Å². The van der Waals surface area contributed by atoms with Gasteiger partial charge in [-0.25, -0.2) is 0 Å². The fourth-order valence-electron chi connectivity index (χ4n) is 2.49. The van der Waals surface area contributed by atoms with Crippen molar-refractivity contribution in [3.63, 3.8) is 0 Å². The minimum atomic E-state index is 0.523. The third-order valence-electron chi connectivity index (χ3n) is 3.53. The van der Waals surface area contributed by atoms with E-state index in [9.17, 15) is 0 Å². The van der Waals surface area contributed by atoms with Crippen LogP contribution >= 0.6 is 11.8 Å². The second-order valence-corrected chi connectivity index (χ2v) is 6.22. The Morgan fingerprint density at radius 3 is 2.82 bits per heavy atom. The quantitative estimate of drug-likeness (QED) is 0.835. The second kappa shape index (κ2) is 6.64. The maximum atomic E-state index is 4.69. The van der Waals surface area contributed by atoms with E-state index in [1.807, 2.05) is 11.8 Å². The SMILES string of the molecule is CCC1CSC(NC(C)CN2CCCCC2)=N1.